The topological polar surface area (TPSA) is 108 Å². The van der Waals surface area contributed by atoms with E-state index in [0.29, 0.717) is 22.4 Å². The van der Waals surface area contributed by atoms with Crippen LogP contribution in [0.25, 0.3) is 0 Å². The number of rotatable bonds is 7. The zero-order valence-electron chi connectivity index (χ0n) is 17.1. The number of nitrogens with zero attached hydrogens (tertiary/aromatic N) is 2. The fraction of sp³-hybridized carbons (Fsp3) is 0.125. The molecule has 1 aromatic heterocycles. The van der Waals surface area contributed by atoms with E-state index >= 15 is 0 Å². The van der Waals surface area contributed by atoms with Gasteiger partial charge in [0.2, 0.25) is 5.91 Å². The maximum Gasteiger partial charge on any atom is 0.261 e. The first-order valence-corrected chi connectivity index (χ1v) is 10.1. The van der Waals surface area contributed by atoms with E-state index < -0.39 is 11.8 Å². The number of hydrogen-bond donors (Lipinski definition) is 2. The van der Waals surface area contributed by atoms with Crippen molar-refractivity contribution in [2.45, 2.75) is 13.0 Å². The molecule has 1 aliphatic heterocycles. The number of para-hydroxylation sites is 1. The van der Waals surface area contributed by atoms with Gasteiger partial charge in [0.15, 0.2) is 0 Å². The Labute approximate surface area is 184 Å². The van der Waals surface area contributed by atoms with Crippen LogP contribution in [0, 0.1) is 0 Å². The number of hydrogen-bond acceptors (Lipinski definition) is 5. The van der Waals surface area contributed by atoms with Crippen LogP contribution in [0.3, 0.4) is 0 Å². The standard InChI is InChI=1S/C24H20N4O4/c29-21(11-13-28-23(31)18-8-2-3-9-19(18)24(28)32)27-20-10-4-1-6-16(20)15-26-22(30)17-7-5-12-25-14-17/h1-10,12,14H,11,13,15H2,(H,26,30)(H,27,29). The summed E-state index contributed by atoms with van der Waals surface area (Å²) in [5.74, 6) is -1.40. The Morgan fingerprint density at radius 2 is 1.56 bits per heavy atom. The fourth-order valence-electron chi connectivity index (χ4n) is 3.44. The summed E-state index contributed by atoms with van der Waals surface area (Å²) in [6, 6.07) is 17.0. The summed E-state index contributed by atoms with van der Waals surface area (Å²) in [5, 5.41) is 5.60. The lowest BCUT2D eigenvalue weighted by atomic mass is 10.1. The Kier molecular flexibility index (Phi) is 6.03. The van der Waals surface area contributed by atoms with Crippen LogP contribution in [-0.2, 0) is 11.3 Å². The normalized spacial score (nSPS) is 12.4. The molecule has 0 bridgehead atoms. The third-order valence-corrected chi connectivity index (χ3v) is 5.10. The van der Waals surface area contributed by atoms with Gasteiger partial charge in [-0.3, -0.25) is 29.1 Å². The van der Waals surface area contributed by atoms with Gasteiger partial charge in [0.05, 0.1) is 16.7 Å². The average Bonchev–Trinajstić information content (AvgIpc) is 3.07. The molecule has 0 atom stereocenters. The monoisotopic (exact) mass is 428 g/mol. The number of nitrogens with one attached hydrogen (secondary N) is 2. The molecule has 0 spiro atoms. The van der Waals surface area contributed by atoms with E-state index in [9.17, 15) is 19.2 Å². The minimum absolute atomic E-state index is 0.0158. The lowest BCUT2D eigenvalue weighted by Gasteiger charge is -2.15. The summed E-state index contributed by atoms with van der Waals surface area (Å²) >= 11 is 0. The number of imide groups is 1. The van der Waals surface area contributed by atoms with Gasteiger partial charge >= 0.3 is 0 Å². The van der Waals surface area contributed by atoms with Crippen LogP contribution in [0.15, 0.2) is 73.1 Å². The van der Waals surface area contributed by atoms with Gasteiger partial charge in [-0.25, -0.2) is 0 Å². The molecule has 8 nitrogen and oxygen atoms in total. The highest BCUT2D eigenvalue weighted by molar-refractivity contribution is 6.21. The van der Waals surface area contributed by atoms with Crippen LogP contribution in [0.1, 0.15) is 43.1 Å². The molecule has 8 heteroatoms. The van der Waals surface area contributed by atoms with Gasteiger partial charge in [-0.1, -0.05) is 30.3 Å². The molecule has 0 saturated carbocycles. The highest BCUT2D eigenvalue weighted by atomic mass is 16.2. The number of amides is 4. The SMILES string of the molecule is O=C(CCN1C(=O)c2ccccc2C1=O)Nc1ccccc1CNC(=O)c1cccnc1. The molecule has 4 rings (SSSR count). The molecule has 0 aliphatic carbocycles. The van der Waals surface area contributed by atoms with Gasteiger partial charge in [-0.15, -0.1) is 0 Å². The van der Waals surface area contributed by atoms with E-state index in [4.69, 9.17) is 0 Å². The number of fused-ring (bicyclic) bond motifs is 1. The number of anilines is 1. The minimum Gasteiger partial charge on any atom is -0.348 e. The van der Waals surface area contributed by atoms with Gasteiger partial charge < -0.3 is 10.6 Å². The molecule has 1 aliphatic rings. The second-order valence-corrected chi connectivity index (χ2v) is 7.19. The third kappa shape index (κ3) is 4.39. The molecule has 0 unspecified atom stereocenters. The first-order chi connectivity index (χ1) is 15.5. The molecule has 2 heterocycles. The molecule has 0 fully saturated rings. The van der Waals surface area contributed by atoms with E-state index in [2.05, 4.69) is 15.6 Å². The van der Waals surface area contributed by atoms with Crippen molar-refractivity contribution in [3.05, 3.63) is 95.3 Å². The van der Waals surface area contributed by atoms with Gasteiger partial charge in [-0.2, -0.15) is 0 Å². The predicted octanol–water partition coefficient (Wildman–Crippen LogP) is 2.64. The fourth-order valence-corrected chi connectivity index (χ4v) is 3.44. The molecule has 32 heavy (non-hydrogen) atoms. The molecule has 3 aromatic rings. The van der Waals surface area contributed by atoms with Crippen molar-refractivity contribution in [2.24, 2.45) is 0 Å². The molecular formula is C24H20N4O4. The molecule has 4 amide bonds. The Hall–Kier alpha value is -4.33. The van der Waals surface area contributed by atoms with Crippen LogP contribution in [0.5, 0.6) is 0 Å². The first kappa shape index (κ1) is 20.9. The Bertz CT molecular complexity index is 1160. The summed E-state index contributed by atoms with van der Waals surface area (Å²) in [6.07, 6.45) is 3.02. The largest absolute Gasteiger partial charge is 0.348 e. The van der Waals surface area contributed by atoms with E-state index in [-0.39, 0.29) is 31.3 Å². The molecule has 0 radical (unpaired) electrons. The highest BCUT2D eigenvalue weighted by Gasteiger charge is 2.34. The van der Waals surface area contributed by atoms with Gasteiger partial charge in [0, 0.05) is 37.6 Å². The van der Waals surface area contributed by atoms with E-state index in [0.717, 1.165) is 10.5 Å². The lowest BCUT2D eigenvalue weighted by Crippen LogP contribution is -2.33. The summed E-state index contributed by atoms with van der Waals surface area (Å²) < 4.78 is 0. The third-order valence-electron chi connectivity index (χ3n) is 5.10. The van der Waals surface area contributed by atoms with E-state index in [1.807, 2.05) is 0 Å². The summed E-state index contributed by atoms with van der Waals surface area (Å²) in [7, 11) is 0. The summed E-state index contributed by atoms with van der Waals surface area (Å²) in [6.45, 7) is 0.195. The molecule has 0 saturated heterocycles. The van der Waals surface area contributed by atoms with Gasteiger partial charge in [-0.05, 0) is 35.9 Å². The van der Waals surface area contributed by atoms with E-state index in [1.165, 1.54) is 6.20 Å². The number of pyridine rings is 1. The number of benzene rings is 2. The van der Waals surface area contributed by atoms with Crippen LogP contribution in [0.4, 0.5) is 5.69 Å². The van der Waals surface area contributed by atoms with Crippen LogP contribution in [-0.4, -0.2) is 40.1 Å². The zero-order valence-corrected chi connectivity index (χ0v) is 17.1. The van der Waals surface area contributed by atoms with Crippen molar-refractivity contribution >= 4 is 29.3 Å². The molecule has 2 N–H and O–H groups in total. The maximum atomic E-state index is 12.5. The van der Waals surface area contributed by atoms with Crippen LogP contribution >= 0.6 is 0 Å². The van der Waals surface area contributed by atoms with Crippen LogP contribution in [0.2, 0.25) is 0 Å². The van der Waals surface area contributed by atoms with Crippen molar-refractivity contribution in [1.29, 1.82) is 0 Å². The van der Waals surface area contributed by atoms with Crippen molar-refractivity contribution in [3.8, 4) is 0 Å². The van der Waals surface area contributed by atoms with Gasteiger partial charge in [0.25, 0.3) is 17.7 Å². The number of aromatic nitrogens is 1. The highest BCUT2D eigenvalue weighted by Crippen LogP contribution is 2.22. The number of carbonyl (C=O) groups is 4. The molecular weight excluding hydrogens is 408 g/mol. The number of carbonyl (C=O) groups excluding carboxylic acids is 4. The maximum absolute atomic E-state index is 12.5. The smallest absolute Gasteiger partial charge is 0.261 e. The minimum atomic E-state index is -0.392. The lowest BCUT2D eigenvalue weighted by molar-refractivity contribution is -0.116. The zero-order chi connectivity index (χ0) is 22.5. The van der Waals surface area contributed by atoms with Crippen molar-refractivity contribution in [3.63, 3.8) is 0 Å². The second kappa shape index (κ2) is 9.22. The Morgan fingerprint density at radius 1 is 0.875 bits per heavy atom. The molecule has 160 valence electrons. The van der Waals surface area contributed by atoms with Crippen molar-refractivity contribution in [2.75, 3.05) is 11.9 Å². The predicted molar refractivity (Wildman–Crippen MR) is 117 cm³/mol. The van der Waals surface area contributed by atoms with Gasteiger partial charge in [0.1, 0.15) is 0 Å². The first-order valence-electron chi connectivity index (χ1n) is 10.1. The quantitative estimate of drug-likeness (QED) is 0.563. The summed E-state index contributed by atoms with van der Waals surface area (Å²) in [4.78, 5) is 54.6. The Morgan fingerprint density at radius 3 is 2.25 bits per heavy atom. The van der Waals surface area contributed by atoms with E-state index in [1.54, 1.807) is 66.9 Å². The Balaban J connectivity index is 1.35. The second-order valence-electron chi connectivity index (χ2n) is 7.19. The van der Waals surface area contributed by atoms with Crippen molar-refractivity contribution < 1.29 is 19.2 Å². The molecule has 2 aromatic carbocycles. The van der Waals surface area contributed by atoms with Crippen molar-refractivity contribution in [1.82, 2.24) is 15.2 Å². The van der Waals surface area contributed by atoms with Crippen LogP contribution < -0.4 is 10.6 Å². The average molecular weight is 428 g/mol. The summed E-state index contributed by atoms with van der Waals surface area (Å²) in [5.41, 5.74) is 2.42.